The number of carbonyl (C=O) groups is 2. The van der Waals surface area contributed by atoms with Crippen LogP contribution < -0.4 is 20.1 Å². The van der Waals surface area contributed by atoms with Gasteiger partial charge < -0.3 is 20.1 Å². The van der Waals surface area contributed by atoms with E-state index in [0.717, 1.165) is 0 Å². The lowest BCUT2D eigenvalue weighted by Gasteiger charge is -2.11. The molecule has 0 aliphatic rings. The summed E-state index contributed by atoms with van der Waals surface area (Å²) in [6.45, 7) is 0.238. The molecule has 2 N–H and O–H groups in total. The third-order valence-corrected chi connectivity index (χ3v) is 3.32. The van der Waals surface area contributed by atoms with E-state index >= 15 is 0 Å². The SMILES string of the molecule is COc1ccc(Cl)cc1NC(=O)C(=O)NCCOc1ccc(F)cc1. The van der Waals surface area contributed by atoms with Gasteiger partial charge in [0, 0.05) is 5.02 Å². The van der Waals surface area contributed by atoms with Crippen molar-refractivity contribution >= 4 is 29.1 Å². The van der Waals surface area contributed by atoms with Crippen molar-refractivity contribution in [1.82, 2.24) is 5.32 Å². The molecule has 2 aromatic rings. The van der Waals surface area contributed by atoms with Crippen molar-refractivity contribution in [2.45, 2.75) is 0 Å². The Morgan fingerprint density at radius 2 is 1.84 bits per heavy atom. The van der Waals surface area contributed by atoms with E-state index in [1.54, 1.807) is 12.1 Å². The zero-order valence-corrected chi connectivity index (χ0v) is 14.1. The van der Waals surface area contributed by atoms with Gasteiger partial charge in [0.25, 0.3) is 0 Å². The number of ether oxygens (including phenoxy) is 2. The number of benzene rings is 2. The van der Waals surface area contributed by atoms with Crippen LogP contribution in [-0.2, 0) is 9.59 Å². The van der Waals surface area contributed by atoms with Crippen LogP contribution in [-0.4, -0.2) is 32.1 Å². The minimum atomic E-state index is -0.859. The van der Waals surface area contributed by atoms with Crippen LogP contribution in [0.25, 0.3) is 0 Å². The summed E-state index contributed by atoms with van der Waals surface area (Å²) >= 11 is 5.86. The van der Waals surface area contributed by atoms with E-state index in [1.807, 2.05) is 0 Å². The van der Waals surface area contributed by atoms with Gasteiger partial charge in [-0.3, -0.25) is 9.59 Å². The molecule has 0 unspecified atom stereocenters. The summed E-state index contributed by atoms with van der Waals surface area (Å²) in [5, 5.41) is 5.23. The molecule has 25 heavy (non-hydrogen) atoms. The largest absolute Gasteiger partial charge is 0.495 e. The van der Waals surface area contributed by atoms with Crippen molar-refractivity contribution in [3.63, 3.8) is 0 Å². The van der Waals surface area contributed by atoms with Gasteiger partial charge in [0.2, 0.25) is 0 Å². The van der Waals surface area contributed by atoms with Crippen LogP contribution >= 0.6 is 11.6 Å². The third-order valence-electron chi connectivity index (χ3n) is 3.09. The number of halogens is 2. The van der Waals surface area contributed by atoms with Gasteiger partial charge >= 0.3 is 11.8 Å². The molecular formula is C17H16ClFN2O4. The van der Waals surface area contributed by atoms with Gasteiger partial charge in [-0.2, -0.15) is 0 Å². The molecule has 0 bridgehead atoms. The molecule has 0 atom stereocenters. The number of amides is 2. The maximum atomic E-state index is 12.8. The van der Waals surface area contributed by atoms with Crippen molar-refractivity contribution < 1.29 is 23.5 Å². The van der Waals surface area contributed by atoms with E-state index in [4.69, 9.17) is 21.1 Å². The molecular weight excluding hydrogens is 351 g/mol. The Kier molecular flexibility index (Phi) is 6.59. The van der Waals surface area contributed by atoms with Crippen LogP contribution in [0.4, 0.5) is 10.1 Å². The van der Waals surface area contributed by atoms with Crippen LogP contribution in [0, 0.1) is 5.82 Å². The first-order valence-corrected chi connectivity index (χ1v) is 7.68. The third kappa shape index (κ3) is 5.65. The number of hydrogen-bond donors (Lipinski definition) is 2. The number of anilines is 1. The Hall–Kier alpha value is -2.80. The van der Waals surface area contributed by atoms with E-state index in [-0.39, 0.29) is 24.7 Å². The van der Waals surface area contributed by atoms with E-state index in [2.05, 4.69) is 10.6 Å². The van der Waals surface area contributed by atoms with Crippen molar-refractivity contribution in [3.8, 4) is 11.5 Å². The zero-order valence-electron chi connectivity index (χ0n) is 13.3. The van der Waals surface area contributed by atoms with Gasteiger partial charge in [-0.1, -0.05) is 11.6 Å². The maximum absolute atomic E-state index is 12.8. The molecule has 6 nitrogen and oxygen atoms in total. The standard InChI is InChI=1S/C17H16ClFN2O4/c1-24-15-7-2-11(18)10-14(15)21-17(23)16(22)20-8-9-25-13-5-3-12(19)4-6-13/h2-7,10H,8-9H2,1H3,(H,20,22)(H,21,23). The highest BCUT2D eigenvalue weighted by Crippen LogP contribution is 2.27. The molecule has 0 spiro atoms. The molecule has 0 radical (unpaired) electrons. The van der Waals surface area contributed by atoms with Crippen molar-refractivity contribution in [2.24, 2.45) is 0 Å². The summed E-state index contributed by atoms with van der Waals surface area (Å²) in [5.41, 5.74) is 0.290. The molecule has 2 rings (SSSR count). The van der Waals surface area contributed by atoms with Crippen molar-refractivity contribution in [1.29, 1.82) is 0 Å². The highest BCUT2D eigenvalue weighted by Gasteiger charge is 2.15. The first-order chi connectivity index (χ1) is 12.0. The van der Waals surface area contributed by atoms with E-state index in [9.17, 15) is 14.0 Å². The molecule has 0 heterocycles. The quantitative estimate of drug-likeness (QED) is 0.608. The van der Waals surface area contributed by atoms with Gasteiger partial charge in [0.15, 0.2) is 0 Å². The molecule has 2 aromatic carbocycles. The Morgan fingerprint density at radius 3 is 2.52 bits per heavy atom. The highest BCUT2D eigenvalue weighted by atomic mass is 35.5. The minimum absolute atomic E-state index is 0.107. The number of hydrogen-bond acceptors (Lipinski definition) is 4. The smallest absolute Gasteiger partial charge is 0.313 e. The number of methoxy groups -OCH3 is 1. The van der Waals surface area contributed by atoms with Gasteiger partial charge in [0.1, 0.15) is 23.9 Å². The van der Waals surface area contributed by atoms with Gasteiger partial charge in [-0.25, -0.2) is 4.39 Å². The Balaban J connectivity index is 1.79. The summed E-state index contributed by atoms with van der Waals surface area (Å²) in [7, 11) is 1.44. The van der Waals surface area contributed by atoms with Gasteiger partial charge in [0.05, 0.1) is 19.3 Å². The summed E-state index contributed by atoms with van der Waals surface area (Å²) < 4.78 is 23.1. The predicted octanol–water partition coefficient (Wildman–Crippen LogP) is 2.62. The van der Waals surface area contributed by atoms with Gasteiger partial charge in [-0.15, -0.1) is 0 Å². The van der Waals surface area contributed by atoms with Crippen molar-refractivity contribution in [3.05, 3.63) is 53.3 Å². The molecule has 2 amide bonds. The lowest BCUT2D eigenvalue weighted by molar-refractivity contribution is -0.136. The Morgan fingerprint density at radius 1 is 1.12 bits per heavy atom. The molecule has 0 aliphatic heterocycles. The van der Waals surface area contributed by atoms with E-state index in [1.165, 1.54) is 37.4 Å². The second-order valence-electron chi connectivity index (χ2n) is 4.86. The molecule has 0 aliphatic carbocycles. The first-order valence-electron chi connectivity index (χ1n) is 7.30. The normalized spacial score (nSPS) is 10.0. The molecule has 8 heteroatoms. The predicted molar refractivity (Wildman–Crippen MR) is 91.5 cm³/mol. The van der Waals surface area contributed by atoms with E-state index < -0.39 is 11.8 Å². The van der Waals surface area contributed by atoms with Crippen LogP contribution in [0.2, 0.25) is 5.02 Å². The van der Waals surface area contributed by atoms with Gasteiger partial charge in [-0.05, 0) is 42.5 Å². The fraction of sp³-hybridized carbons (Fsp3) is 0.176. The average Bonchev–Trinajstić information content (AvgIpc) is 2.60. The fourth-order valence-corrected chi connectivity index (χ4v) is 2.07. The molecule has 132 valence electrons. The maximum Gasteiger partial charge on any atom is 0.313 e. The lowest BCUT2D eigenvalue weighted by atomic mass is 10.3. The van der Waals surface area contributed by atoms with Crippen LogP contribution in [0.15, 0.2) is 42.5 Å². The first kappa shape index (κ1) is 18.5. The second kappa shape index (κ2) is 8.89. The number of rotatable bonds is 6. The second-order valence-corrected chi connectivity index (χ2v) is 5.29. The number of carbonyl (C=O) groups excluding carboxylic acids is 2. The lowest BCUT2D eigenvalue weighted by Crippen LogP contribution is -2.37. The summed E-state index contributed by atoms with van der Waals surface area (Å²) in [6.07, 6.45) is 0. The average molecular weight is 367 g/mol. The van der Waals surface area contributed by atoms with Crippen molar-refractivity contribution in [2.75, 3.05) is 25.6 Å². The molecule has 0 aromatic heterocycles. The zero-order chi connectivity index (χ0) is 18.2. The molecule has 0 saturated carbocycles. The van der Waals surface area contributed by atoms with Crippen LogP contribution in [0.3, 0.4) is 0 Å². The molecule has 0 saturated heterocycles. The topological polar surface area (TPSA) is 76.7 Å². The minimum Gasteiger partial charge on any atom is -0.495 e. The van der Waals surface area contributed by atoms with E-state index in [0.29, 0.717) is 16.5 Å². The van der Waals surface area contributed by atoms with Crippen LogP contribution in [0.1, 0.15) is 0 Å². The Labute approximate surface area is 148 Å². The highest BCUT2D eigenvalue weighted by molar-refractivity contribution is 6.40. The molecule has 0 fully saturated rings. The van der Waals surface area contributed by atoms with Crippen LogP contribution in [0.5, 0.6) is 11.5 Å². The monoisotopic (exact) mass is 366 g/mol. The fourth-order valence-electron chi connectivity index (χ4n) is 1.90. The summed E-state index contributed by atoms with van der Waals surface area (Å²) in [4.78, 5) is 23.7. The summed E-state index contributed by atoms with van der Waals surface area (Å²) in [6, 6.07) is 10.1. The Bertz CT molecular complexity index is 753. The number of nitrogens with one attached hydrogen (secondary N) is 2. The summed E-state index contributed by atoms with van der Waals surface area (Å²) in [5.74, 6) is -1.21.